The summed E-state index contributed by atoms with van der Waals surface area (Å²) in [5.41, 5.74) is 0.104. The molecule has 1 amide bonds. The maximum absolute atomic E-state index is 13.4. The molecule has 2 atom stereocenters. The molecular weight excluding hydrogens is 360 g/mol. The number of hydrogen-bond acceptors (Lipinski definition) is 3. The smallest absolute Gasteiger partial charge is 0.232 e. The van der Waals surface area contributed by atoms with Crippen LogP contribution in [0.25, 0.3) is 0 Å². The van der Waals surface area contributed by atoms with Crippen molar-refractivity contribution in [2.24, 2.45) is 11.8 Å². The van der Waals surface area contributed by atoms with Gasteiger partial charge >= 0.3 is 0 Å². The van der Waals surface area contributed by atoms with Gasteiger partial charge < -0.3 is 0 Å². The Morgan fingerprint density at radius 3 is 2.31 bits per heavy atom. The Labute approximate surface area is 175 Å². The number of carbonyl (C=O) groups excluding carboxylic acids is 1. The second kappa shape index (κ2) is 7.70. The normalized spacial score (nSPS) is 29.7. The minimum atomic E-state index is 0.00117. The summed E-state index contributed by atoms with van der Waals surface area (Å²) >= 11 is 0. The fraction of sp³-hybridized carbons (Fsp3) is 0.875. The van der Waals surface area contributed by atoms with Gasteiger partial charge in [-0.25, -0.2) is 4.68 Å². The van der Waals surface area contributed by atoms with E-state index in [1.807, 2.05) is 13.8 Å². The molecule has 0 N–H and O–H groups in total. The van der Waals surface area contributed by atoms with E-state index in [0.717, 1.165) is 18.2 Å². The van der Waals surface area contributed by atoms with E-state index >= 15 is 0 Å². The van der Waals surface area contributed by atoms with Crippen molar-refractivity contribution >= 4 is 11.9 Å². The topological polar surface area (TPSA) is 51.0 Å². The highest BCUT2D eigenvalue weighted by Crippen LogP contribution is 2.53. The third kappa shape index (κ3) is 3.14. The van der Waals surface area contributed by atoms with Crippen LogP contribution in [0.5, 0.6) is 0 Å². The SMILES string of the molecule is CC(C)C(=O)N1c2nc(C3CCCCC3)nn2C2(CCCCC2)C2CCCCC21. The molecule has 5 heteroatoms. The number of anilines is 1. The summed E-state index contributed by atoms with van der Waals surface area (Å²) < 4.78 is 2.31. The average molecular weight is 399 g/mol. The van der Waals surface area contributed by atoms with Crippen LogP contribution in [0, 0.1) is 11.8 Å². The Hall–Kier alpha value is -1.39. The first-order chi connectivity index (χ1) is 14.1. The van der Waals surface area contributed by atoms with Gasteiger partial charge in [0.15, 0.2) is 5.82 Å². The molecule has 0 aromatic carbocycles. The summed E-state index contributed by atoms with van der Waals surface area (Å²) in [7, 11) is 0. The highest BCUT2D eigenvalue weighted by Gasteiger charge is 2.55. The lowest BCUT2D eigenvalue weighted by atomic mass is 9.64. The zero-order valence-electron chi connectivity index (χ0n) is 18.4. The molecule has 3 fully saturated rings. The molecule has 0 bridgehead atoms. The third-order valence-electron chi connectivity index (χ3n) is 8.42. The molecule has 29 heavy (non-hydrogen) atoms. The van der Waals surface area contributed by atoms with Crippen LogP contribution in [0.3, 0.4) is 0 Å². The van der Waals surface area contributed by atoms with Gasteiger partial charge in [-0.3, -0.25) is 9.69 Å². The minimum absolute atomic E-state index is 0.00117. The van der Waals surface area contributed by atoms with Crippen LogP contribution < -0.4 is 4.90 Å². The predicted octanol–water partition coefficient (Wildman–Crippen LogP) is 5.55. The van der Waals surface area contributed by atoms with Crippen LogP contribution in [0.4, 0.5) is 5.95 Å². The van der Waals surface area contributed by atoms with Crippen molar-refractivity contribution in [3.8, 4) is 0 Å². The largest absolute Gasteiger partial charge is 0.277 e. The standard InChI is InChI=1S/C24H38N4O/c1-17(2)22(29)27-20-14-8-7-13-19(20)24(15-9-4-10-16-24)28-23(27)25-21(26-28)18-11-5-3-6-12-18/h17-20H,3-16H2,1-2H3. The van der Waals surface area contributed by atoms with Crippen LogP contribution in [0.1, 0.15) is 115 Å². The van der Waals surface area contributed by atoms with Gasteiger partial charge in [-0.1, -0.05) is 65.2 Å². The number of nitrogens with zero attached hydrogens (tertiary/aromatic N) is 4. The van der Waals surface area contributed by atoms with Crippen molar-refractivity contribution < 1.29 is 4.79 Å². The molecule has 3 saturated carbocycles. The Balaban J connectivity index is 1.64. The molecule has 5 rings (SSSR count). The van der Waals surface area contributed by atoms with Crippen LogP contribution in [0.2, 0.25) is 0 Å². The van der Waals surface area contributed by atoms with Gasteiger partial charge in [0.2, 0.25) is 11.9 Å². The Kier molecular flexibility index (Phi) is 5.19. The molecule has 5 nitrogen and oxygen atoms in total. The lowest BCUT2D eigenvalue weighted by molar-refractivity contribution is -0.123. The van der Waals surface area contributed by atoms with Gasteiger partial charge in [0.1, 0.15) is 0 Å². The van der Waals surface area contributed by atoms with Gasteiger partial charge in [0, 0.05) is 23.8 Å². The first-order valence-electron chi connectivity index (χ1n) is 12.4. The summed E-state index contributed by atoms with van der Waals surface area (Å²) in [6.45, 7) is 4.07. The molecule has 1 aromatic rings. The molecular formula is C24H38N4O. The van der Waals surface area contributed by atoms with E-state index in [1.165, 1.54) is 83.5 Å². The first-order valence-corrected chi connectivity index (χ1v) is 12.4. The maximum atomic E-state index is 13.4. The van der Waals surface area contributed by atoms with Gasteiger partial charge in [0.05, 0.1) is 5.54 Å². The van der Waals surface area contributed by atoms with Crippen LogP contribution in [-0.4, -0.2) is 26.7 Å². The van der Waals surface area contributed by atoms with Crippen LogP contribution in [0.15, 0.2) is 0 Å². The summed E-state index contributed by atoms with van der Waals surface area (Å²) in [5, 5.41) is 5.25. The van der Waals surface area contributed by atoms with E-state index in [9.17, 15) is 4.79 Å². The molecule has 1 aliphatic heterocycles. The summed E-state index contributed by atoms with van der Waals surface area (Å²) in [4.78, 5) is 20.7. The molecule has 2 heterocycles. The number of carbonyl (C=O) groups is 1. The predicted molar refractivity (Wildman–Crippen MR) is 115 cm³/mol. The van der Waals surface area contributed by atoms with Gasteiger partial charge in [-0.05, 0) is 38.5 Å². The first kappa shape index (κ1) is 19.6. The molecule has 3 aliphatic carbocycles. The molecule has 4 aliphatic rings. The summed E-state index contributed by atoms with van der Waals surface area (Å²) in [6, 6.07) is 0.327. The summed E-state index contributed by atoms with van der Waals surface area (Å²) in [6.07, 6.45) is 17.6. The number of fused-ring (bicyclic) bond motifs is 4. The minimum Gasteiger partial charge on any atom is -0.277 e. The summed E-state index contributed by atoms with van der Waals surface area (Å²) in [5.74, 6) is 3.21. The second-order valence-corrected chi connectivity index (χ2v) is 10.5. The van der Waals surface area contributed by atoms with Crippen molar-refractivity contribution in [3.05, 3.63) is 5.82 Å². The monoisotopic (exact) mass is 398 g/mol. The zero-order chi connectivity index (χ0) is 20.0. The number of amides is 1. The van der Waals surface area contributed by atoms with Crippen molar-refractivity contribution in [2.45, 2.75) is 121 Å². The molecule has 0 radical (unpaired) electrons. The molecule has 160 valence electrons. The lowest BCUT2D eigenvalue weighted by Crippen LogP contribution is -2.62. The Bertz CT molecular complexity index is 742. The van der Waals surface area contributed by atoms with E-state index < -0.39 is 0 Å². The number of hydrogen-bond donors (Lipinski definition) is 0. The quantitative estimate of drug-likeness (QED) is 0.656. The van der Waals surface area contributed by atoms with Crippen LogP contribution in [-0.2, 0) is 10.3 Å². The lowest BCUT2D eigenvalue weighted by Gasteiger charge is -2.55. The molecule has 0 saturated heterocycles. The highest BCUT2D eigenvalue weighted by molar-refractivity contribution is 5.94. The fourth-order valence-electron chi connectivity index (χ4n) is 6.95. The van der Waals surface area contributed by atoms with E-state index in [4.69, 9.17) is 10.1 Å². The molecule has 1 aromatic heterocycles. The number of aromatic nitrogens is 3. The van der Waals surface area contributed by atoms with E-state index in [2.05, 4.69) is 9.58 Å². The van der Waals surface area contributed by atoms with E-state index in [0.29, 0.717) is 17.9 Å². The fourth-order valence-corrected chi connectivity index (χ4v) is 6.95. The van der Waals surface area contributed by atoms with Crippen molar-refractivity contribution in [2.75, 3.05) is 4.90 Å². The zero-order valence-corrected chi connectivity index (χ0v) is 18.4. The van der Waals surface area contributed by atoms with Gasteiger partial charge in [0.25, 0.3) is 0 Å². The average Bonchev–Trinajstić information content (AvgIpc) is 3.21. The maximum Gasteiger partial charge on any atom is 0.232 e. The molecule has 2 unspecified atom stereocenters. The Morgan fingerprint density at radius 2 is 1.59 bits per heavy atom. The van der Waals surface area contributed by atoms with E-state index in [-0.39, 0.29) is 17.4 Å². The van der Waals surface area contributed by atoms with Crippen LogP contribution >= 0.6 is 0 Å². The van der Waals surface area contributed by atoms with Crippen molar-refractivity contribution in [3.63, 3.8) is 0 Å². The van der Waals surface area contributed by atoms with Crippen molar-refractivity contribution in [1.29, 1.82) is 0 Å². The number of rotatable bonds is 2. The second-order valence-electron chi connectivity index (χ2n) is 10.5. The Morgan fingerprint density at radius 1 is 0.931 bits per heavy atom. The van der Waals surface area contributed by atoms with Gasteiger partial charge in [-0.2, -0.15) is 10.1 Å². The van der Waals surface area contributed by atoms with E-state index in [1.54, 1.807) is 0 Å². The van der Waals surface area contributed by atoms with Gasteiger partial charge in [-0.15, -0.1) is 0 Å². The van der Waals surface area contributed by atoms with Crippen molar-refractivity contribution in [1.82, 2.24) is 14.8 Å². The third-order valence-corrected chi connectivity index (χ3v) is 8.42. The molecule has 1 spiro atoms. The highest BCUT2D eigenvalue weighted by atomic mass is 16.2.